The number of carbonyl (C=O) groups is 2. The van der Waals surface area contributed by atoms with E-state index >= 15 is 0 Å². The summed E-state index contributed by atoms with van der Waals surface area (Å²) in [6, 6.07) is 22.0. The highest BCUT2D eigenvalue weighted by Gasteiger charge is 2.49. The first-order valence-electron chi connectivity index (χ1n) is 12.2. The molecule has 0 spiro atoms. The first-order chi connectivity index (χ1) is 17.6. The smallest absolute Gasteiger partial charge is 0.407 e. The molecule has 0 saturated heterocycles. The zero-order chi connectivity index (χ0) is 26.6. The number of carbonyl (C=O) groups excluding carboxylic acids is 2. The van der Waals surface area contributed by atoms with Gasteiger partial charge in [0.25, 0.3) is 0 Å². The van der Waals surface area contributed by atoms with Crippen molar-refractivity contribution in [3.8, 4) is 11.5 Å². The van der Waals surface area contributed by atoms with Gasteiger partial charge in [-0.1, -0.05) is 54.9 Å². The lowest BCUT2D eigenvalue weighted by Crippen LogP contribution is -2.59. The predicted octanol–water partition coefficient (Wildman–Crippen LogP) is 6.48. The van der Waals surface area contributed by atoms with Crippen molar-refractivity contribution in [1.29, 1.82) is 0 Å². The first-order valence-corrected chi connectivity index (χ1v) is 12.6. The van der Waals surface area contributed by atoms with E-state index in [1.165, 1.54) is 0 Å². The molecule has 1 aliphatic rings. The average molecular weight is 523 g/mol. The summed E-state index contributed by atoms with van der Waals surface area (Å²) < 4.78 is 17.7. The molecule has 0 bridgehead atoms. The molecule has 4 rings (SSSR count). The number of rotatable bonds is 7. The minimum Gasteiger partial charge on any atom is -0.444 e. The first kappa shape index (κ1) is 26.4. The fraction of sp³-hybridized carbons (Fsp3) is 0.310. The van der Waals surface area contributed by atoms with E-state index in [0.29, 0.717) is 35.3 Å². The number of halogens is 1. The Morgan fingerprint density at radius 3 is 2.43 bits per heavy atom. The lowest BCUT2D eigenvalue weighted by molar-refractivity contribution is -0.167. The summed E-state index contributed by atoms with van der Waals surface area (Å²) in [5.41, 5.74) is 1.85. The number of amides is 2. The third-order valence-corrected chi connectivity index (χ3v) is 5.97. The van der Waals surface area contributed by atoms with Crippen LogP contribution in [0.5, 0.6) is 11.5 Å². The second-order valence-corrected chi connectivity index (χ2v) is 10.2. The van der Waals surface area contributed by atoms with Crippen LogP contribution in [0.3, 0.4) is 0 Å². The molecule has 194 valence electrons. The zero-order valence-electron chi connectivity index (χ0n) is 21.4. The van der Waals surface area contributed by atoms with Crippen molar-refractivity contribution >= 4 is 29.3 Å². The SMILES string of the molecule is CCC1(Oc2ccc(CNC(=O)OC(C)(C)C)cc2)Oc2ccccc2N(Cc2cccc(Cl)c2)C1=O. The number of hydrogen-bond donors (Lipinski definition) is 1. The molecule has 8 heteroatoms. The number of hydrogen-bond acceptors (Lipinski definition) is 5. The molecule has 0 saturated carbocycles. The number of benzene rings is 3. The van der Waals surface area contributed by atoms with Crippen LogP contribution in [0, 0.1) is 0 Å². The largest absolute Gasteiger partial charge is 0.444 e. The van der Waals surface area contributed by atoms with E-state index < -0.39 is 17.5 Å². The predicted molar refractivity (Wildman–Crippen MR) is 143 cm³/mol. The molecular formula is C29H31ClN2O5. The van der Waals surface area contributed by atoms with E-state index in [4.69, 9.17) is 25.8 Å². The number of fused-ring (bicyclic) bond motifs is 1. The number of alkyl carbamates (subject to hydrolysis) is 1. The van der Waals surface area contributed by atoms with Crippen LogP contribution >= 0.6 is 11.6 Å². The van der Waals surface area contributed by atoms with Crippen LogP contribution in [0.1, 0.15) is 45.2 Å². The summed E-state index contributed by atoms with van der Waals surface area (Å²) in [6.07, 6.45) is -0.203. The van der Waals surface area contributed by atoms with Gasteiger partial charge in [-0.05, 0) is 68.3 Å². The standard InChI is InChI=1S/C29H31ClN2O5/c1-5-29(35-23-15-13-20(14-16-23)18-31-27(34)37-28(2,3)4)26(33)32(19-21-9-8-10-22(30)17-21)24-11-6-7-12-25(24)36-29/h6-17H,5,18-19H2,1-4H3,(H,31,34). The summed E-state index contributed by atoms with van der Waals surface area (Å²) in [4.78, 5) is 27.5. The third kappa shape index (κ3) is 6.35. The third-order valence-electron chi connectivity index (χ3n) is 5.74. The second-order valence-electron chi connectivity index (χ2n) is 9.80. The van der Waals surface area contributed by atoms with E-state index in [-0.39, 0.29) is 12.3 Å². The summed E-state index contributed by atoms with van der Waals surface area (Å²) in [7, 11) is 0. The number of nitrogens with one attached hydrogen (secondary N) is 1. The Hall–Kier alpha value is -3.71. The maximum atomic E-state index is 13.9. The quantitative estimate of drug-likeness (QED) is 0.384. The summed E-state index contributed by atoms with van der Waals surface area (Å²) in [6.45, 7) is 7.90. The molecule has 7 nitrogen and oxygen atoms in total. The van der Waals surface area contributed by atoms with E-state index in [9.17, 15) is 9.59 Å². The molecule has 1 unspecified atom stereocenters. The van der Waals surface area contributed by atoms with Gasteiger partial charge in [0.15, 0.2) is 0 Å². The monoisotopic (exact) mass is 522 g/mol. The zero-order valence-corrected chi connectivity index (χ0v) is 22.2. The molecule has 2 amide bonds. The lowest BCUT2D eigenvalue weighted by atomic mass is 10.1. The maximum Gasteiger partial charge on any atom is 0.407 e. The van der Waals surface area contributed by atoms with Gasteiger partial charge >= 0.3 is 17.8 Å². The number of nitrogens with zero attached hydrogens (tertiary/aromatic N) is 1. The highest BCUT2D eigenvalue weighted by molar-refractivity contribution is 6.30. The summed E-state index contributed by atoms with van der Waals surface area (Å²) >= 11 is 6.19. The Morgan fingerprint density at radius 2 is 1.76 bits per heavy atom. The minimum absolute atomic E-state index is 0.286. The highest BCUT2D eigenvalue weighted by Crippen LogP contribution is 2.41. The summed E-state index contributed by atoms with van der Waals surface area (Å²) in [5.74, 6) is -0.810. The van der Waals surface area contributed by atoms with Gasteiger partial charge in [0, 0.05) is 18.0 Å². The van der Waals surface area contributed by atoms with Crippen LogP contribution in [0.15, 0.2) is 72.8 Å². The maximum absolute atomic E-state index is 13.9. The van der Waals surface area contributed by atoms with Gasteiger partial charge in [-0.3, -0.25) is 9.69 Å². The topological polar surface area (TPSA) is 77.1 Å². The van der Waals surface area contributed by atoms with E-state index in [2.05, 4.69) is 5.32 Å². The molecule has 0 aliphatic carbocycles. The Balaban J connectivity index is 1.53. The molecule has 0 fully saturated rings. The van der Waals surface area contributed by atoms with Crippen LogP contribution in [0.25, 0.3) is 0 Å². The van der Waals surface area contributed by atoms with Crippen LogP contribution < -0.4 is 19.7 Å². The van der Waals surface area contributed by atoms with Crippen molar-refractivity contribution in [2.45, 2.75) is 58.6 Å². The van der Waals surface area contributed by atoms with E-state index in [1.807, 2.05) is 82.3 Å². The van der Waals surface area contributed by atoms with Crippen molar-refractivity contribution < 1.29 is 23.8 Å². The van der Waals surface area contributed by atoms with Gasteiger partial charge in [0.1, 0.15) is 17.1 Å². The average Bonchev–Trinajstić information content (AvgIpc) is 2.85. The molecule has 3 aromatic rings. The molecule has 1 aliphatic heterocycles. The molecule has 37 heavy (non-hydrogen) atoms. The molecule has 1 heterocycles. The Morgan fingerprint density at radius 1 is 1.03 bits per heavy atom. The molecule has 1 N–H and O–H groups in total. The highest BCUT2D eigenvalue weighted by atomic mass is 35.5. The van der Waals surface area contributed by atoms with Crippen LogP contribution in [-0.4, -0.2) is 23.4 Å². The molecule has 0 radical (unpaired) electrons. The Bertz CT molecular complexity index is 1270. The molecular weight excluding hydrogens is 492 g/mol. The molecule has 0 aromatic heterocycles. The normalized spacial score (nSPS) is 17.0. The van der Waals surface area contributed by atoms with Gasteiger partial charge in [-0.25, -0.2) is 4.79 Å². The van der Waals surface area contributed by atoms with Crippen molar-refractivity contribution in [2.24, 2.45) is 0 Å². The van der Waals surface area contributed by atoms with Crippen LogP contribution in [-0.2, 0) is 22.6 Å². The fourth-order valence-electron chi connectivity index (χ4n) is 3.99. The number of para-hydroxylation sites is 2. The van der Waals surface area contributed by atoms with Gasteiger partial charge in [0.05, 0.1) is 12.2 Å². The Kier molecular flexibility index (Phi) is 7.64. The summed E-state index contributed by atoms with van der Waals surface area (Å²) in [5, 5.41) is 3.33. The van der Waals surface area contributed by atoms with Crippen molar-refractivity contribution in [3.05, 3.63) is 88.9 Å². The van der Waals surface area contributed by atoms with Crippen molar-refractivity contribution in [3.63, 3.8) is 0 Å². The number of ether oxygens (including phenoxy) is 3. The van der Waals surface area contributed by atoms with E-state index in [1.54, 1.807) is 23.1 Å². The van der Waals surface area contributed by atoms with Crippen LogP contribution in [0.2, 0.25) is 5.02 Å². The lowest BCUT2D eigenvalue weighted by Gasteiger charge is -2.41. The van der Waals surface area contributed by atoms with Gasteiger partial charge in [0.2, 0.25) is 0 Å². The van der Waals surface area contributed by atoms with Crippen molar-refractivity contribution in [2.75, 3.05) is 4.90 Å². The second kappa shape index (κ2) is 10.7. The molecule has 3 aromatic carbocycles. The number of anilines is 1. The van der Waals surface area contributed by atoms with Crippen molar-refractivity contribution in [1.82, 2.24) is 5.32 Å². The fourth-order valence-corrected chi connectivity index (χ4v) is 4.20. The minimum atomic E-state index is -1.54. The molecule has 1 atom stereocenters. The van der Waals surface area contributed by atoms with Gasteiger partial charge in [-0.15, -0.1) is 0 Å². The van der Waals surface area contributed by atoms with Gasteiger partial charge < -0.3 is 19.5 Å². The Labute approximate surface area is 222 Å². The van der Waals surface area contributed by atoms with E-state index in [0.717, 1.165) is 11.1 Å². The van der Waals surface area contributed by atoms with Crippen LogP contribution in [0.4, 0.5) is 10.5 Å². The van der Waals surface area contributed by atoms with Gasteiger partial charge in [-0.2, -0.15) is 0 Å².